The van der Waals surface area contributed by atoms with E-state index in [-0.39, 0.29) is 6.04 Å². The summed E-state index contributed by atoms with van der Waals surface area (Å²) in [7, 11) is 0. The van der Waals surface area contributed by atoms with Crippen molar-refractivity contribution in [3.63, 3.8) is 0 Å². The molecule has 4 heterocycles. The van der Waals surface area contributed by atoms with E-state index >= 15 is 0 Å². The van der Waals surface area contributed by atoms with Gasteiger partial charge in [0.1, 0.15) is 12.4 Å². The van der Waals surface area contributed by atoms with Crippen molar-refractivity contribution in [1.29, 1.82) is 0 Å². The summed E-state index contributed by atoms with van der Waals surface area (Å²) in [5.74, 6) is -0.0748. The second-order valence-electron chi connectivity index (χ2n) is 6.23. The summed E-state index contributed by atoms with van der Waals surface area (Å²) in [5.41, 5.74) is 0.918. The van der Waals surface area contributed by atoms with Gasteiger partial charge in [-0.15, -0.1) is 0 Å². The van der Waals surface area contributed by atoms with E-state index in [4.69, 9.17) is 14.2 Å². The van der Waals surface area contributed by atoms with Crippen molar-refractivity contribution in [3.8, 4) is 0 Å². The van der Waals surface area contributed by atoms with Crippen LogP contribution in [0.15, 0.2) is 12.7 Å². The number of anilines is 1. The molecule has 0 bridgehead atoms. The van der Waals surface area contributed by atoms with E-state index < -0.39 is 30.7 Å². The van der Waals surface area contributed by atoms with Crippen LogP contribution in [0.4, 0.5) is 5.82 Å². The third kappa shape index (κ3) is 2.98. The van der Waals surface area contributed by atoms with Crippen LogP contribution in [0.1, 0.15) is 19.6 Å². The number of carbonyl (C=O) groups excluding carboxylic acids is 1. The summed E-state index contributed by atoms with van der Waals surface area (Å²) < 4.78 is 17.1. The first-order chi connectivity index (χ1) is 12.5. The number of imidazole rings is 1. The lowest BCUT2D eigenvalue weighted by molar-refractivity contribution is -0.172. The zero-order valence-electron chi connectivity index (χ0n) is 14.0. The Balaban J connectivity index is 1.62. The first-order valence-electron chi connectivity index (χ1n) is 8.25. The van der Waals surface area contributed by atoms with Crippen molar-refractivity contribution in [2.45, 2.75) is 44.1 Å². The normalized spacial score (nSPS) is 31.4. The van der Waals surface area contributed by atoms with Crippen LogP contribution in [0.2, 0.25) is 0 Å². The quantitative estimate of drug-likeness (QED) is 0.588. The number of hydrogen-bond acceptors (Lipinski definition) is 10. The molecule has 11 heteroatoms. The molecule has 3 N–H and O–H groups in total. The summed E-state index contributed by atoms with van der Waals surface area (Å²) in [6, 6.07) is 0.141. The van der Waals surface area contributed by atoms with Crippen LogP contribution in [0.25, 0.3) is 11.2 Å². The van der Waals surface area contributed by atoms with Crippen molar-refractivity contribution in [2.24, 2.45) is 0 Å². The minimum atomic E-state index is -1.45. The summed E-state index contributed by atoms with van der Waals surface area (Å²) in [5, 5.41) is 23.6. The number of ether oxygens (including phenoxy) is 3. The second-order valence-corrected chi connectivity index (χ2v) is 6.23. The van der Waals surface area contributed by atoms with Crippen molar-refractivity contribution in [3.05, 3.63) is 12.7 Å². The van der Waals surface area contributed by atoms with Gasteiger partial charge in [0.15, 0.2) is 35.6 Å². The number of aliphatic hydroxyl groups is 2. The van der Waals surface area contributed by atoms with Crippen LogP contribution in [0.3, 0.4) is 0 Å². The molecule has 2 fully saturated rings. The smallest absolute Gasteiger partial charge is 0.303 e. The molecule has 0 unspecified atom stereocenters. The summed E-state index contributed by atoms with van der Waals surface area (Å²) in [6.45, 7) is 2.47. The van der Waals surface area contributed by atoms with Gasteiger partial charge in [0.25, 0.3) is 0 Å². The number of rotatable bonds is 4. The van der Waals surface area contributed by atoms with E-state index in [1.54, 1.807) is 0 Å². The number of aliphatic hydroxyl groups excluding tert-OH is 2. The molecule has 4 rings (SSSR count). The van der Waals surface area contributed by atoms with Gasteiger partial charge in [-0.3, -0.25) is 9.36 Å². The highest BCUT2D eigenvalue weighted by Crippen LogP contribution is 2.33. The van der Waals surface area contributed by atoms with Gasteiger partial charge in [-0.05, 0) is 6.42 Å². The molecule has 26 heavy (non-hydrogen) atoms. The van der Waals surface area contributed by atoms with E-state index in [1.165, 1.54) is 24.1 Å². The van der Waals surface area contributed by atoms with Gasteiger partial charge in [0, 0.05) is 13.5 Å². The molecule has 2 aliphatic rings. The van der Waals surface area contributed by atoms with Gasteiger partial charge < -0.3 is 29.7 Å². The molecule has 0 amide bonds. The average Bonchev–Trinajstić information content (AvgIpc) is 3.31. The molecule has 0 spiro atoms. The first-order valence-corrected chi connectivity index (χ1v) is 8.25. The predicted molar refractivity (Wildman–Crippen MR) is 85.9 cm³/mol. The number of fused-ring (bicyclic) bond motifs is 1. The van der Waals surface area contributed by atoms with Crippen LogP contribution < -0.4 is 5.32 Å². The SMILES string of the molecule is CC(=O)O[C@H]1[C@@H](O)[C@H](n2cnc3c(N[C@@H]4CCOC4)ncnc32)O[C@@H]1O. The van der Waals surface area contributed by atoms with Crippen LogP contribution >= 0.6 is 0 Å². The standard InChI is InChI=1S/C15H19N5O6/c1-7(21)25-11-10(22)14(26-15(11)23)20-6-18-9-12(16-5-17-13(9)20)19-8-2-3-24-4-8/h5-6,8,10-11,14-15,22-23H,2-4H2,1H3,(H,16,17,19)/t8-,10-,11+,14-,15+/m1/s1. The van der Waals surface area contributed by atoms with Crippen LogP contribution in [-0.4, -0.2) is 73.5 Å². The number of carbonyl (C=O) groups is 1. The lowest BCUT2D eigenvalue weighted by atomic mass is 10.2. The van der Waals surface area contributed by atoms with Crippen LogP contribution in [0, 0.1) is 0 Å². The Labute approximate surface area is 147 Å². The molecule has 2 aliphatic heterocycles. The highest BCUT2D eigenvalue weighted by molar-refractivity contribution is 5.82. The zero-order chi connectivity index (χ0) is 18.3. The molecule has 11 nitrogen and oxygen atoms in total. The monoisotopic (exact) mass is 365 g/mol. The molecule has 2 aromatic heterocycles. The fourth-order valence-electron chi connectivity index (χ4n) is 3.17. The van der Waals surface area contributed by atoms with E-state index in [2.05, 4.69) is 20.3 Å². The molecule has 0 radical (unpaired) electrons. The molecule has 2 saturated heterocycles. The minimum Gasteiger partial charge on any atom is -0.454 e. The van der Waals surface area contributed by atoms with Crippen molar-refractivity contribution >= 4 is 23.0 Å². The number of nitrogens with one attached hydrogen (secondary N) is 1. The maximum absolute atomic E-state index is 11.1. The third-order valence-corrected chi connectivity index (χ3v) is 4.39. The third-order valence-electron chi connectivity index (χ3n) is 4.39. The Hall–Kier alpha value is -2.34. The molecule has 140 valence electrons. The van der Waals surface area contributed by atoms with E-state index in [0.29, 0.717) is 30.2 Å². The van der Waals surface area contributed by atoms with E-state index in [1.807, 2.05) is 0 Å². The Bertz CT molecular complexity index is 807. The fraction of sp³-hybridized carbons (Fsp3) is 0.600. The van der Waals surface area contributed by atoms with Crippen molar-refractivity contribution in [2.75, 3.05) is 18.5 Å². The minimum absolute atomic E-state index is 0.141. The summed E-state index contributed by atoms with van der Waals surface area (Å²) >= 11 is 0. The maximum atomic E-state index is 11.1. The largest absolute Gasteiger partial charge is 0.454 e. The van der Waals surface area contributed by atoms with Crippen LogP contribution in [0.5, 0.6) is 0 Å². The van der Waals surface area contributed by atoms with E-state index in [9.17, 15) is 15.0 Å². The number of esters is 1. The van der Waals surface area contributed by atoms with E-state index in [0.717, 1.165) is 6.42 Å². The molecule has 0 aliphatic carbocycles. The van der Waals surface area contributed by atoms with Gasteiger partial charge in [0.2, 0.25) is 0 Å². The second kappa shape index (κ2) is 6.76. The summed E-state index contributed by atoms with van der Waals surface area (Å²) in [6.07, 6.45) is -1.24. The molecule has 0 saturated carbocycles. The lowest BCUT2D eigenvalue weighted by Crippen LogP contribution is -2.35. The molecular formula is C15H19N5O6. The highest BCUT2D eigenvalue weighted by Gasteiger charge is 2.46. The Morgan fingerprint density at radius 1 is 1.38 bits per heavy atom. The van der Waals surface area contributed by atoms with Crippen molar-refractivity contribution < 1.29 is 29.2 Å². The number of nitrogens with zero attached hydrogens (tertiary/aromatic N) is 4. The lowest BCUT2D eigenvalue weighted by Gasteiger charge is -2.18. The van der Waals surface area contributed by atoms with Gasteiger partial charge in [-0.2, -0.15) is 0 Å². The topological polar surface area (TPSA) is 141 Å². The van der Waals surface area contributed by atoms with Crippen LogP contribution in [-0.2, 0) is 19.0 Å². The fourth-order valence-corrected chi connectivity index (χ4v) is 3.17. The first kappa shape index (κ1) is 17.1. The van der Waals surface area contributed by atoms with Gasteiger partial charge in [0.05, 0.1) is 19.0 Å². The van der Waals surface area contributed by atoms with Gasteiger partial charge >= 0.3 is 5.97 Å². The molecular weight excluding hydrogens is 346 g/mol. The molecule has 0 aromatic carbocycles. The molecule has 5 atom stereocenters. The maximum Gasteiger partial charge on any atom is 0.303 e. The predicted octanol–water partition coefficient (Wildman–Crippen LogP) is -0.833. The number of hydrogen-bond donors (Lipinski definition) is 3. The van der Waals surface area contributed by atoms with Gasteiger partial charge in [-0.1, -0.05) is 0 Å². The Morgan fingerprint density at radius 3 is 2.96 bits per heavy atom. The summed E-state index contributed by atoms with van der Waals surface area (Å²) in [4.78, 5) is 23.9. The zero-order valence-corrected chi connectivity index (χ0v) is 14.0. The van der Waals surface area contributed by atoms with Crippen molar-refractivity contribution in [1.82, 2.24) is 19.5 Å². The number of aromatic nitrogens is 4. The Morgan fingerprint density at radius 2 is 2.23 bits per heavy atom. The highest BCUT2D eigenvalue weighted by atomic mass is 16.7. The molecule has 2 aromatic rings. The Kier molecular flexibility index (Phi) is 4.44. The van der Waals surface area contributed by atoms with Gasteiger partial charge in [-0.25, -0.2) is 15.0 Å². The average molecular weight is 365 g/mol.